The van der Waals surface area contributed by atoms with Crippen molar-refractivity contribution >= 4 is 34.0 Å². The Hall–Kier alpha value is -3.60. The van der Waals surface area contributed by atoms with Crippen LogP contribution in [0.25, 0.3) is 6.08 Å². The van der Waals surface area contributed by atoms with Crippen LogP contribution in [0.15, 0.2) is 42.5 Å². The zero-order chi connectivity index (χ0) is 22.2. The van der Waals surface area contributed by atoms with E-state index >= 15 is 4.39 Å². The third-order valence-electron chi connectivity index (χ3n) is 4.89. The lowest BCUT2D eigenvalue weighted by Crippen LogP contribution is -2.36. The highest BCUT2D eigenvalue weighted by atomic mass is 32.2. The molecule has 1 fully saturated rings. The monoisotopic (exact) mass is 447 g/mol. The van der Waals surface area contributed by atoms with E-state index in [9.17, 15) is 18.0 Å². The highest BCUT2D eigenvalue weighted by Crippen LogP contribution is 2.40. The van der Waals surface area contributed by atoms with E-state index in [2.05, 4.69) is 5.32 Å². The summed E-state index contributed by atoms with van der Waals surface area (Å²) in [5.74, 6) is -1.73. The van der Waals surface area contributed by atoms with Crippen molar-refractivity contribution in [3.63, 3.8) is 0 Å². The van der Waals surface area contributed by atoms with Crippen molar-refractivity contribution in [2.75, 3.05) is 10.8 Å². The number of ether oxygens (including phenoxy) is 1. The Morgan fingerprint density at radius 3 is 2.71 bits per heavy atom. The summed E-state index contributed by atoms with van der Waals surface area (Å²) in [6.45, 7) is -0.541. The molecule has 2 aromatic rings. The third-order valence-corrected chi connectivity index (χ3v) is 6.27. The number of carbonyl (C=O) groups is 2. The Balaban J connectivity index is 1.78. The van der Waals surface area contributed by atoms with Crippen molar-refractivity contribution in [3.05, 3.63) is 65.0 Å². The van der Waals surface area contributed by atoms with Gasteiger partial charge in [0.25, 0.3) is 5.91 Å². The molecule has 0 spiro atoms. The van der Waals surface area contributed by atoms with Gasteiger partial charge in [-0.05, 0) is 29.2 Å². The Labute approximate surface area is 177 Å². The normalized spacial score (nSPS) is 18.9. The summed E-state index contributed by atoms with van der Waals surface area (Å²) in [6.07, 6.45) is 1.83. The first-order valence-corrected chi connectivity index (χ1v) is 10.7. The second kappa shape index (κ2) is 7.91. The molecule has 31 heavy (non-hydrogen) atoms. The molecule has 1 heterocycles. The standard InChI is InChI=1S/C20H18FN3O6S/c21-18-15-9-14(22-20(26)27)7-6-13(15)8-16(30-11-12-4-2-1-3-5-12)19(18)24-10-17(25)23-31(24,28)29/h1-8,14,22H,9-11H2,(H,23,25)(H,26,27)/t14-/m1/s1. The van der Waals surface area contributed by atoms with E-state index in [4.69, 9.17) is 9.84 Å². The first kappa shape index (κ1) is 20.7. The van der Waals surface area contributed by atoms with Gasteiger partial charge < -0.3 is 15.2 Å². The molecule has 0 aromatic heterocycles. The first-order chi connectivity index (χ1) is 14.7. The van der Waals surface area contributed by atoms with Crippen LogP contribution < -0.4 is 19.1 Å². The van der Waals surface area contributed by atoms with Crippen molar-refractivity contribution in [2.24, 2.45) is 0 Å². The van der Waals surface area contributed by atoms with E-state index < -0.39 is 46.3 Å². The summed E-state index contributed by atoms with van der Waals surface area (Å²) in [5.41, 5.74) is 0.949. The van der Waals surface area contributed by atoms with Gasteiger partial charge in [-0.25, -0.2) is 18.2 Å². The molecule has 1 aliphatic carbocycles. The first-order valence-electron chi connectivity index (χ1n) is 9.27. The molecule has 0 bridgehead atoms. The smallest absolute Gasteiger partial charge is 0.405 e. The molecule has 2 amide bonds. The summed E-state index contributed by atoms with van der Waals surface area (Å²) in [7, 11) is -4.29. The van der Waals surface area contributed by atoms with Gasteiger partial charge in [0.1, 0.15) is 24.6 Å². The number of carboxylic acid groups (broad SMARTS) is 1. The molecular weight excluding hydrogens is 429 g/mol. The predicted molar refractivity (Wildman–Crippen MR) is 109 cm³/mol. The van der Waals surface area contributed by atoms with Gasteiger partial charge in [-0.1, -0.05) is 42.5 Å². The predicted octanol–water partition coefficient (Wildman–Crippen LogP) is 1.79. The number of nitrogens with zero attached hydrogens (tertiary/aromatic N) is 1. The fourth-order valence-electron chi connectivity index (χ4n) is 3.52. The van der Waals surface area contributed by atoms with Crippen LogP contribution >= 0.6 is 0 Å². The van der Waals surface area contributed by atoms with Crippen molar-refractivity contribution in [3.8, 4) is 5.75 Å². The number of fused-ring (bicyclic) bond motifs is 1. The molecule has 1 atom stereocenters. The topological polar surface area (TPSA) is 125 Å². The lowest BCUT2D eigenvalue weighted by atomic mass is 9.92. The molecule has 4 rings (SSSR count). The van der Waals surface area contributed by atoms with Gasteiger partial charge in [0.2, 0.25) is 0 Å². The van der Waals surface area contributed by atoms with Crippen molar-refractivity contribution < 1.29 is 32.2 Å². The molecule has 0 saturated carbocycles. The highest BCUT2D eigenvalue weighted by molar-refractivity contribution is 7.92. The summed E-state index contributed by atoms with van der Waals surface area (Å²) < 4.78 is 48.7. The maximum atomic E-state index is 15.6. The van der Waals surface area contributed by atoms with Crippen LogP contribution in [0.1, 0.15) is 16.7 Å². The molecule has 1 saturated heterocycles. The van der Waals surface area contributed by atoms with Gasteiger partial charge in [-0.2, -0.15) is 8.42 Å². The van der Waals surface area contributed by atoms with E-state index in [0.717, 1.165) is 5.56 Å². The van der Waals surface area contributed by atoms with Crippen LogP contribution in [0.4, 0.5) is 14.9 Å². The molecule has 11 heteroatoms. The number of hydrogen-bond acceptors (Lipinski definition) is 5. The number of rotatable bonds is 5. The van der Waals surface area contributed by atoms with Crippen molar-refractivity contribution in [1.29, 1.82) is 0 Å². The van der Waals surface area contributed by atoms with E-state index in [1.165, 1.54) is 6.07 Å². The van der Waals surface area contributed by atoms with E-state index in [1.807, 2.05) is 10.8 Å². The number of benzene rings is 2. The van der Waals surface area contributed by atoms with E-state index in [1.54, 1.807) is 36.4 Å². The van der Waals surface area contributed by atoms with E-state index in [-0.39, 0.29) is 24.3 Å². The summed E-state index contributed by atoms with van der Waals surface area (Å²) in [4.78, 5) is 22.7. The summed E-state index contributed by atoms with van der Waals surface area (Å²) in [6, 6.07) is 9.84. The summed E-state index contributed by atoms with van der Waals surface area (Å²) in [5, 5.41) is 11.2. The number of hydrogen-bond donors (Lipinski definition) is 3. The van der Waals surface area contributed by atoms with Crippen LogP contribution in [0, 0.1) is 5.82 Å². The Morgan fingerprint density at radius 1 is 1.32 bits per heavy atom. The van der Waals surface area contributed by atoms with Gasteiger partial charge >= 0.3 is 16.3 Å². The molecule has 9 nitrogen and oxygen atoms in total. The van der Waals surface area contributed by atoms with Crippen molar-refractivity contribution in [1.82, 2.24) is 10.0 Å². The number of anilines is 1. The minimum absolute atomic E-state index is 0.0226. The van der Waals surface area contributed by atoms with E-state index in [0.29, 0.717) is 9.87 Å². The molecule has 1 aliphatic heterocycles. The van der Waals surface area contributed by atoms with Gasteiger partial charge in [-0.3, -0.25) is 4.79 Å². The molecule has 3 N–H and O–H groups in total. The van der Waals surface area contributed by atoms with Gasteiger partial charge in [0.15, 0.2) is 5.82 Å². The number of carbonyl (C=O) groups excluding carboxylic acids is 1. The maximum absolute atomic E-state index is 15.6. The molecular formula is C20H18FN3O6S. The lowest BCUT2D eigenvalue weighted by Gasteiger charge is -2.26. The fraction of sp³-hybridized carbons (Fsp3) is 0.200. The average molecular weight is 447 g/mol. The maximum Gasteiger partial charge on any atom is 0.405 e. The lowest BCUT2D eigenvalue weighted by molar-refractivity contribution is -0.117. The van der Waals surface area contributed by atoms with Crippen molar-refractivity contribution in [2.45, 2.75) is 19.1 Å². The van der Waals surface area contributed by atoms with Crippen LogP contribution in [-0.4, -0.2) is 38.1 Å². The Bertz CT molecular complexity index is 1180. The third kappa shape index (κ3) is 4.17. The molecule has 2 aliphatic rings. The highest BCUT2D eigenvalue weighted by Gasteiger charge is 2.39. The van der Waals surface area contributed by atoms with Crippen LogP contribution in [-0.2, 0) is 28.0 Å². The Kier molecular flexibility index (Phi) is 5.27. The largest absolute Gasteiger partial charge is 0.487 e. The average Bonchev–Trinajstić information content (AvgIpc) is 2.99. The van der Waals surface area contributed by atoms with Crippen LogP contribution in [0.2, 0.25) is 0 Å². The summed E-state index contributed by atoms with van der Waals surface area (Å²) >= 11 is 0. The second-order valence-corrected chi connectivity index (χ2v) is 8.63. The van der Waals surface area contributed by atoms with Gasteiger partial charge in [0.05, 0.1) is 6.04 Å². The SMILES string of the molecule is O=C(O)N[C@@H]1C=Cc2cc(OCc3ccccc3)c(N3CC(=O)NS3(=O)=O)c(F)c2C1. The molecule has 0 radical (unpaired) electrons. The molecule has 2 aromatic carbocycles. The number of halogens is 1. The second-order valence-electron chi connectivity index (χ2n) is 7.04. The fourth-order valence-corrected chi connectivity index (χ4v) is 4.68. The molecule has 162 valence electrons. The van der Waals surface area contributed by atoms with Crippen LogP contribution in [0.3, 0.4) is 0 Å². The van der Waals surface area contributed by atoms with Gasteiger partial charge in [-0.15, -0.1) is 0 Å². The minimum Gasteiger partial charge on any atom is -0.487 e. The number of nitrogens with one attached hydrogen (secondary N) is 2. The Morgan fingerprint density at radius 2 is 2.06 bits per heavy atom. The van der Waals surface area contributed by atoms with Crippen LogP contribution in [0.5, 0.6) is 5.75 Å². The van der Waals surface area contributed by atoms with Gasteiger partial charge in [0, 0.05) is 0 Å². The minimum atomic E-state index is -4.29. The zero-order valence-electron chi connectivity index (χ0n) is 16.0. The quantitative estimate of drug-likeness (QED) is 0.642. The molecule has 0 unspecified atom stereocenters. The number of amides is 2. The zero-order valence-corrected chi connectivity index (χ0v) is 16.9.